The minimum atomic E-state index is -0.0716. The van der Waals surface area contributed by atoms with Gasteiger partial charge in [-0.15, -0.1) is 6.58 Å². The molecule has 0 amide bonds. The molecule has 0 radical (unpaired) electrons. The Labute approximate surface area is 128 Å². The van der Waals surface area contributed by atoms with Crippen molar-refractivity contribution in [1.82, 2.24) is 14.7 Å². The van der Waals surface area contributed by atoms with E-state index in [1.807, 2.05) is 37.4 Å². The molecule has 0 saturated heterocycles. The van der Waals surface area contributed by atoms with E-state index in [1.165, 1.54) is 0 Å². The minimum Gasteiger partial charge on any atom is -0.359 e. The van der Waals surface area contributed by atoms with Crippen molar-refractivity contribution in [3.8, 4) is 5.69 Å². The molecule has 0 atom stereocenters. The lowest BCUT2D eigenvalue weighted by atomic mass is 10.3. The van der Waals surface area contributed by atoms with Crippen molar-refractivity contribution in [3.63, 3.8) is 0 Å². The Hall–Kier alpha value is -2.34. The van der Waals surface area contributed by atoms with Gasteiger partial charge >= 0.3 is 0 Å². The monoisotopic (exact) mass is 302 g/mol. The molecule has 5 nitrogen and oxygen atoms in total. The summed E-state index contributed by atoms with van der Waals surface area (Å²) in [4.78, 5) is 12.4. The lowest BCUT2D eigenvalue weighted by Crippen LogP contribution is -2.29. The highest BCUT2D eigenvalue weighted by molar-refractivity contribution is 7.80. The van der Waals surface area contributed by atoms with E-state index in [0.29, 0.717) is 23.0 Å². The Balaban J connectivity index is 2.39. The van der Waals surface area contributed by atoms with Crippen LogP contribution in [0.4, 0.5) is 5.82 Å². The second-order valence-electron chi connectivity index (χ2n) is 4.57. The SMILES string of the molecule is C=CCNC(=S)Nc1c(C)c(=O)n(-c2ccccc2)n1C. The van der Waals surface area contributed by atoms with Crippen molar-refractivity contribution >= 4 is 23.1 Å². The Bertz CT molecular complexity index is 715. The zero-order valence-electron chi connectivity index (χ0n) is 12.1. The maximum atomic E-state index is 12.4. The van der Waals surface area contributed by atoms with Crippen LogP contribution >= 0.6 is 12.2 Å². The third kappa shape index (κ3) is 3.05. The van der Waals surface area contributed by atoms with Gasteiger partial charge < -0.3 is 10.6 Å². The second-order valence-corrected chi connectivity index (χ2v) is 4.98. The van der Waals surface area contributed by atoms with Crippen molar-refractivity contribution in [3.05, 3.63) is 58.9 Å². The smallest absolute Gasteiger partial charge is 0.276 e. The number of hydrogen-bond donors (Lipinski definition) is 2. The van der Waals surface area contributed by atoms with Gasteiger partial charge in [-0.05, 0) is 31.3 Å². The van der Waals surface area contributed by atoms with Crippen LogP contribution in [0.1, 0.15) is 5.56 Å². The van der Waals surface area contributed by atoms with E-state index < -0.39 is 0 Å². The Morgan fingerprint density at radius 1 is 1.38 bits per heavy atom. The molecule has 0 aliphatic heterocycles. The summed E-state index contributed by atoms with van der Waals surface area (Å²) in [5.41, 5.74) is 1.35. The van der Waals surface area contributed by atoms with Crippen molar-refractivity contribution in [2.45, 2.75) is 6.92 Å². The highest BCUT2D eigenvalue weighted by Crippen LogP contribution is 2.14. The third-order valence-corrected chi connectivity index (χ3v) is 3.38. The van der Waals surface area contributed by atoms with Gasteiger partial charge in [0.25, 0.3) is 5.56 Å². The molecule has 1 aromatic heterocycles. The number of anilines is 1. The van der Waals surface area contributed by atoms with E-state index in [4.69, 9.17) is 12.2 Å². The number of nitrogens with zero attached hydrogens (tertiary/aromatic N) is 2. The molecule has 0 unspecified atom stereocenters. The first-order chi connectivity index (χ1) is 10.1. The van der Waals surface area contributed by atoms with Crippen LogP contribution in [-0.2, 0) is 7.05 Å². The van der Waals surface area contributed by atoms with Gasteiger partial charge in [-0.2, -0.15) is 0 Å². The fourth-order valence-corrected chi connectivity index (χ4v) is 2.27. The van der Waals surface area contributed by atoms with Gasteiger partial charge in [-0.3, -0.25) is 9.48 Å². The standard InChI is InChI=1S/C15H18N4OS/c1-4-10-16-15(21)17-13-11(2)14(20)19(18(13)3)12-8-6-5-7-9-12/h4-9H,1,10H2,2-3H3,(H2,16,17,21). The number of rotatable bonds is 4. The quantitative estimate of drug-likeness (QED) is 0.669. The van der Waals surface area contributed by atoms with Crippen molar-refractivity contribution in [1.29, 1.82) is 0 Å². The summed E-state index contributed by atoms with van der Waals surface area (Å²) in [5, 5.41) is 6.50. The van der Waals surface area contributed by atoms with Gasteiger partial charge in [0.05, 0.1) is 11.3 Å². The summed E-state index contributed by atoms with van der Waals surface area (Å²) in [6, 6.07) is 9.48. The summed E-state index contributed by atoms with van der Waals surface area (Å²) in [6.45, 7) is 5.97. The number of hydrogen-bond acceptors (Lipinski definition) is 2. The zero-order valence-corrected chi connectivity index (χ0v) is 12.9. The molecule has 0 aliphatic carbocycles. The number of thiocarbonyl (C=S) groups is 1. The molecule has 1 aromatic carbocycles. The normalized spacial score (nSPS) is 10.2. The summed E-state index contributed by atoms with van der Waals surface area (Å²) < 4.78 is 3.36. The first-order valence-electron chi connectivity index (χ1n) is 6.56. The Morgan fingerprint density at radius 3 is 2.67 bits per heavy atom. The molecule has 2 aromatic rings. The molecule has 2 rings (SSSR count). The summed E-state index contributed by atoms with van der Waals surface area (Å²) >= 11 is 5.20. The number of nitrogens with one attached hydrogen (secondary N) is 2. The summed E-state index contributed by atoms with van der Waals surface area (Å²) in [6.07, 6.45) is 1.72. The first kappa shape index (κ1) is 15.1. The maximum absolute atomic E-state index is 12.4. The van der Waals surface area contributed by atoms with Gasteiger partial charge in [0, 0.05) is 13.6 Å². The average molecular weight is 302 g/mol. The van der Waals surface area contributed by atoms with Crippen LogP contribution < -0.4 is 16.2 Å². The fraction of sp³-hybridized carbons (Fsp3) is 0.200. The highest BCUT2D eigenvalue weighted by atomic mass is 32.1. The molecular weight excluding hydrogens is 284 g/mol. The van der Waals surface area contributed by atoms with Gasteiger partial charge in [-0.1, -0.05) is 24.3 Å². The molecular formula is C15H18N4OS. The maximum Gasteiger partial charge on any atom is 0.276 e. The summed E-state index contributed by atoms with van der Waals surface area (Å²) in [7, 11) is 1.82. The molecule has 0 fully saturated rings. The zero-order chi connectivity index (χ0) is 15.4. The molecule has 0 saturated carbocycles. The van der Waals surface area contributed by atoms with E-state index in [-0.39, 0.29) is 5.56 Å². The van der Waals surface area contributed by atoms with Crippen molar-refractivity contribution in [2.75, 3.05) is 11.9 Å². The van der Waals surface area contributed by atoms with Gasteiger partial charge in [0.1, 0.15) is 5.82 Å². The Kier molecular flexibility index (Phi) is 4.59. The van der Waals surface area contributed by atoms with E-state index in [1.54, 1.807) is 22.4 Å². The van der Waals surface area contributed by atoms with Crippen LogP contribution in [0.2, 0.25) is 0 Å². The molecule has 0 aliphatic rings. The molecule has 0 bridgehead atoms. The average Bonchev–Trinajstić information content (AvgIpc) is 2.70. The number of para-hydroxylation sites is 1. The minimum absolute atomic E-state index is 0.0716. The van der Waals surface area contributed by atoms with E-state index in [9.17, 15) is 4.79 Å². The van der Waals surface area contributed by atoms with Crippen molar-refractivity contribution in [2.24, 2.45) is 7.05 Å². The second kappa shape index (κ2) is 6.41. The topological polar surface area (TPSA) is 51.0 Å². The van der Waals surface area contributed by atoms with E-state index in [0.717, 1.165) is 5.69 Å². The first-order valence-corrected chi connectivity index (χ1v) is 6.97. The lowest BCUT2D eigenvalue weighted by molar-refractivity contribution is 0.653. The van der Waals surface area contributed by atoms with Gasteiger partial charge in [0.15, 0.2) is 5.11 Å². The molecule has 6 heteroatoms. The van der Waals surface area contributed by atoms with Gasteiger partial charge in [0.2, 0.25) is 0 Å². The summed E-state index contributed by atoms with van der Waals surface area (Å²) in [5.74, 6) is 0.672. The van der Waals surface area contributed by atoms with Crippen LogP contribution in [0.5, 0.6) is 0 Å². The van der Waals surface area contributed by atoms with Crippen LogP contribution in [0.3, 0.4) is 0 Å². The lowest BCUT2D eigenvalue weighted by Gasteiger charge is -2.12. The van der Waals surface area contributed by atoms with Crippen LogP contribution in [-0.4, -0.2) is 21.0 Å². The van der Waals surface area contributed by atoms with Gasteiger partial charge in [-0.25, -0.2) is 4.68 Å². The van der Waals surface area contributed by atoms with Crippen LogP contribution in [0.15, 0.2) is 47.8 Å². The van der Waals surface area contributed by atoms with Crippen molar-refractivity contribution < 1.29 is 0 Å². The van der Waals surface area contributed by atoms with Crippen LogP contribution in [0.25, 0.3) is 5.69 Å². The molecule has 21 heavy (non-hydrogen) atoms. The van der Waals surface area contributed by atoms with E-state index >= 15 is 0 Å². The van der Waals surface area contributed by atoms with E-state index in [2.05, 4.69) is 17.2 Å². The molecule has 2 N–H and O–H groups in total. The highest BCUT2D eigenvalue weighted by Gasteiger charge is 2.16. The Morgan fingerprint density at radius 2 is 2.05 bits per heavy atom. The number of benzene rings is 1. The molecule has 0 spiro atoms. The molecule has 1 heterocycles. The van der Waals surface area contributed by atoms with Crippen LogP contribution in [0, 0.1) is 6.92 Å². The third-order valence-electron chi connectivity index (χ3n) is 3.13. The fourth-order valence-electron chi connectivity index (χ4n) is 2.09. The predicted molar refractivity (Wildman–Crippen MR) is 90.2 cm³/mol. The predicted octanol–water partition coefficient (Wildman–Crippen LogP) is 1.96. The molecule has 110 valence electrons. The number of aromatic nitrogens is 2. The largest absolute Gasteiger partial charge is 0.359 e.